The minimum absolute atomic E-state index is 0.454. The summed E-state index contributed by atoms with van der Waals surface area (Å²) in [5, 5.41) is 30.7. The third kappa shape index (κ3) is 7.88. The van der Waals surface area contributed by atoms with E-state index in [1.165, 1.54) is 0 Å². The van der Waals surface area contributed by atoms with E-state index in [2.05, 4.69) is 0 Å². The molecule has 0 aliphatic rings. The molecular formula is C15H33NO3. The average Bonchev–Trinajstić information content (AvgIpc) is 2.27. The summed E-state index contributed by atoms with van der Waals surface area (Å²) in [5.74, 6) is 0. The molecule has 0 aromatic heterocycles. The van der Waals surface area contributed by atoms with Gasteiger partial charge in [-0.3, -0.25) is 4.90 Å². The van der Waals surface area contributed by atoms with Gasteiger partial charge in [0.2, 0.25) is 0 Å². The molecule has 4 nitrogen and oxygen atoms in total. The van der Waals surface area contributed by atoms with Crippen molar-refractivity contribution >= 4 is 0 Å². The van der Waals surface area contributed by atoms with Gasteiger partial charge in [-0.25, -0.2) is 0 Å². The van der Waals surface area contributed by atoms with Gasteiger partial charge in [-0.1, -0.05) is 20.8 Å². The lowest BCUT2D eigenvalue weighted by Gasteiger charge is -2.39. The third-order valence-corrected chi connectivity index (χ3v) is 3.98. The molecule has 0 aliphatic heterocycles. The Balaban J connectivity index is 4.84. The van der Waals surface area contributed by atoms with Crippen molar-refractivity contribution in [2.24, 2.45) is 0 Å². The van der Waals surface area contributed by atoms with Crippen molar-refractivity contribution in [1.29, 1.82) is 0 Å². The molecule has 0 spiro atoms. The van der Waals surface area contributed by atoms with Crippen LogP contribution in [0.2, 0.25) is 0 Å². The van der Waals surface area contributed by atoms with Gasteiger partial charge in [-0.2, -0.15) is 0 Å². The standard InChI is InChI=1S/C15H33NO3/c1-7-13(4,17)10-16(11-14(5,18)8-2)12-15(6,19)9-3/h17-19H,7-12H2,1-6H3. The number of aliphatic hydroxyl groups is 3. The Labute approximate surface area is 118 Å². The van der Waals surface area contributed by atoms with Gasteiger partial charge in [0, 0.05) is 19.6 Å². The number of hydrogen-bond donors (Lipinski definition) is 3. The fourth-order valence-corrected chi connectivity index (χ4v) is 1.95. The van der Waals surface area contributed by atoms with Gasteiger partial charge >= 0.3 is 0 Å². The molecule has 0 aromatic carbocycles. The molecule has 0 aliphatic carbocycles. The smallest absolute Gasteiger partial charge is 0.0743 e. The van der Waals surface area contributed by atoms with Crippen LogP contribution in [0.25, 0.3) is 0 Å². The first-order valence-corrected chi connectivity index (χ1v) is 7.36. The van der Waals surface area contributed by atoms with Gasteiger partial charge in [0.15, 0.2) is 0 Å². The Kier molecular flexibility index (Phi) is 6.96. The van der Waals surface area contributed by atoms with Gasteiger partial charge in [0.25, 0.3) is 0 Å². The van der Waals surface area contributed by atoms with Gasteiger partial charge in [-0.15, -0.1) is 0 Å². The van der Waals surface area contributed by atoms with Crippen LogP contribution in [0.15, 0.2) is 0 Å². The SMILES string of the molecule is CCC(C)(O)CN(CC(C)(O)CC)CC(C)(O)CC. The maximum absolute atomic E-state index is 10.2. The van der Waals surface area contributed by atoms with Gasteiger partial charge in [0.05, 0.1) is 16.8 Å². The predicted octanol–water partition coefficient (Wildman–Crippen LogP) is 1.77. The zero-order valence-corrected chi connectivity index (χ0v) is 13.5. The van der Waals surface area contributed by atoms with Crippen LogP contribution in [-0.2, 0) is 0 Å². The van der Waals surface area contributed by atoms with E-state index in [1.54, 1.807) is 20.8 Å². The van der Waals surface area contributed by atoms with Crippen molar-refractivity contribution in [2.45, 2.75) is 77.6 Å². The van der Waals surface area contributed by atoms with Crippen molar-refractivity contribution in [3.8, 4) is 0 Å². The van der Waals surface area contributed by atoms with E-state index >= 15 is 0 Å². The minimum Gasteiger partial charge on any atom is -0.389 e. The van der Waals surface area contributed by atoms with Gasteiger partial charge < -0.3 is 15.3 Å². The second-order valence-electron chi connectivity index (χ2n) is 6.70. The molecule has 3 unspecified atom stereocenters. The molecule has 0 aromatic rings. The van der Waals surface area contributed by atoms with Gasteiger partial charge in [-0.05, 0) is 40.0 Å². The van der Waals surface area contributed by atoms with Crippen LogP contribution in [0.4, 0.5) is 0 Å². The molecule has 0 fully saturated rings. The Morgan fingerprint density at radius 2 is 0.842 bits per heavy atom. The second-order valence-corrected chi connectivity index (χ2v) is 6.70. The molecule has 0 saturated heterocycles. The second kappa shape index (κ2) is 7.02. The Bertz CT molecular complexity index is 219. The van der Waals surface area contributed by atoms with E-state index in [0.717, 1.165) is 0 Å². The fourth-order valence-electron chi connectivity index (χ4n) is 1.95. The molecule has 116 valence electrons. The molecule has 3 N–H and O–H groups in total. The quantitative estimate of drug-likeness (QED) is 0.600. The molecule has 0 rings (SSSR count). The largest absolute Gasteiger partial charge is 0.389 e. The van der Waals surface area contributed by atoms with E-state index < -0.39 is 16.8 Å². The highest BCUT2D eigenvalue weighted by molar-refractivity contribution is 4.86. The maximum atomic E-state index is 10.2. The van der Waals surface area contributed by atoms with Crippen LogP contribution in [0.3, 0.4) is 0 Å². The van der Waals surface area contributed by atoms with E-state index in [0.29, 0.717) is 38.9 Å². The first-order chi connectivity index (χ1) is 8.47. The summed E-state index contributed by atoms with van der Waals surface area (Å²) in [4.78, 5) is 1.97. The summed E-state index contributed by atoms with van der Waals surface area (Å²) in [7, 11) is 0. The van der Waals surface area contributed by atoms with Crippen molar-refractivity contribution in [3.05, 3.63) is 0 Å². The Morgan fingerprint density at radius 1 is 0.632 bits per heavy atom. The summed E-state index contributed by atoms with van der Waals surface area (Å²) in [6, 6.07) is 0. The summed E-state index contributed by atoms with van der Waals surface area (Å²) in [6.07, 6.45) is 1.93. The number of hydrogen-bond acceptors (Lipinski definition) is 4. The Hall–Kier alpha value is -0.160. The molecule has 0 saturated carbocycles. The molecular weight excluding hydrogens is 242 g/mol. The van der Waals surface area contributed by atoms with Crippen LogP contribution in [-0.4, -0.2) is 56.7 Å². The summed E-state index contributed by atoms with van der Waals surface area (Å²) in [5.41, 5.74) is -2.39. The zero-order valence-electron chi connectivity index (χ0n) is 13.5. The van der Waals surface area contributed by atoms with Crippen LogP contribution in [0.1, 0.15) is 60.8 Å². The van der Waals surface area contributed by atoms with E-state index in [-0.39, 0.29) is 0 Å². The van der Waals surface area contributed by atoms with E-state index in [9.17, 15) is 15.3 Å². The van der Waals surface area contributed by atoms with Crippen molar-refractivity contribution < 1.29 is 15.3 Å². The van der Waals surface area contributed by atoms with Crippen molar-refractivity contribution in [3.63, 3.8) is 0 Å². The fraction of sp³-hybridized carbons (Fsp3) is 1.00. The lowest BCUT2D eigenvalue weighted by atomic mass is 9.96. The predicted molar refractivity (Wildman–Crippen MR) is 79.2 cm³/mol. The molecule has 3 atom stereocenters. The monoisotopic (exact) mass is 275 g/mol. The first kappa shape index (κ1) is 18.8. The summed E-state index contributed by atoms with van der Waals surface area (Å²) >= 11 is 0. The average molecular weight is 275 g/mol. The highest BCUT2D eigenvalue weighted by atomic mass is 16.3. The minimum atomic E-state index is -0.798. The zero-order chi connectivity index (χ0) is 15.3. The normalized spacial score (nSPS) is 21.8. The van der Waals surface area contributed by atoms with Crippen LogP contribution < -0.4 is 0 Å². The molecule has 4 heteroatoms. The molecule has 0 bridgehead atoms. The van der Waals surface area contributed by atoms with Gasteiger partial charge in [0.1, 0.15) is 0 Å². The first-order valence-electron chi connectivity index (χ1n) is 7.36. The van der Waals surface area contributed by atoms with E-state index in [1.807, 2.05) is 25.7 Å². The van der Waals surface area contributed by atoms with E-state index in [4.69, 9.17) is 0 Å². The third-order valence-electron chi connectivity index (χ3n) is 3.98. The van der Waals surface area contributed by atoms with Crippen LogP contribution in [0.5, 0.6) is 0 Å². The van der Waals surface area contributed by atoms with Crippen molar-refractivity contribution in [2.75, 3.05) is 19.6 Å². The van der Waals surface area contributed by atoms with Crippen LogP contribution >= 0.6 is 0 Å². The molecule has 0 heterocycles. The lowest BCUT2D eigenvalue weighted by Crippen LogP contribution is -2.52. The summed E-state index contributed by atoms with van der Waals surface area (Å²) in [6.45, 7) is 12.6. The lowest BCUT2D eigenvalue weighted by molar-refractivity contribution is -0.0584. The molecule has 19 heavy (non-hydrogen) atoms. The Morgan fingerprint density at radius 3 is 1.00 bits per heavy atom. The topological polar surface area (TPSA) is 63.9 Å². The number of rotatable bonds is 9. The number of nitrogens with zero attached hydrogens (tertiary/aromatic N) is 1. The van der Waals surface area contributed by atoms with Crippen LogP contribution in [0, 0.1) is 0 Å². The van der Waals surface area contributed by atoms with Crippen molar-refractivity contribution in [1.82, 2.24) is 4.90 Å². The summed E-state index contributed by atoms with van der Waals surface area (Å²) < 4.78 is 0. The molecule has 0 amide bonds. The maximum Gasteiger partial charge on any atom is 0.0743 e. The highest BCUT2D eigenvalue weighted by Gasteiger charge is 2.31. The highest BCUT2D eigenvalue weighted by Crippen LogP contribution is 2.19. The molecule has 0 radical (unpaired) electrons.